The van der Waals surface area contributed by atoms with E-state index < -0.39 is 23.0 Å². The molecule has 0 radical (unpaired) electrons. The average Bonchev–Trinajstić information content (AvgIpc) is 3.46. The van der Waals surface area contributed by atoms with E-state index in [2.05, 4.69) is 16.0 Å². The molecule has 1 aliphatic rings. The number of anilines is 2. The number of rotatable bonds is 11. The molecule has 0 fully saturated rings. The third kappa shape index (κ3) is 8.87. The van der Waals surface area contributed by atoms with Crippen molar-refractivity contribution in [1.82, 2.24) is 10.2 Å². The van der Waals surface area contributed by atoms with Crippen molar-refractivity contribution in [3.8, 4) is 0 Å². The average molecular weight is 711 g/mol. The van der Waals surface area contributed by atoms with Gasteiger partial charge in [0.2, 0.25) is 11.8 Å². The number of ether oxygens (including phenoxy) is 1. The van der Waals surface area contributed by atoms with Gasteiger partial charge in [-0.05, 0) is 80.3 Å². The summed E-state index contributed by atoms with van der Waals surface area (Å²) < 4.78 is 5.32. The number of carbonyl (C=O) groups is 5. The number of hydrogen-bond acceptors (Lipinski definition) is 8. The Morgan fingerprint density at radius 3 is 2.44 bits per heavy atom. The summed E-state index contributed by atoms with van der Waals surface area (Å²) in [5.41, 5.74) is 3.83. The first-order chi connectivity index (χ1) is 24.0. The number of hydrogen-bond donors (Lipinski definition) is 3. The third-order valence-electron chi connectivity index (χ3n) is 8.01. The van der Waals surface area contributed by atoms with Gasteiger partial charge in [-0.3, -0.25) is 19.2 Å². The first-order valence-electron chi connectivity index (χ1n) is 16.1. The lowest BCUT2D eigenvalue weighted by molar-refractivity contribution is -0.129. The van der Waals surface area contributed by atoms with Gasteiger partial charge in [-0.2, -0.15) is 0 Å². The molecule has 1 unspecified atom stereocenters. The van der Waals surface area contributed by atoms with Crippen LogP contribution in [0.4, 0.5) is 10.7 Å². The van der Waals surface area contributed by atoms with E-state index in [1.165, 1.54) is 30.0 Å². The molecule has 3 N–H and O–H groups in total. The molecule has 1 atom stereocenters. The fraction of sp³-hybridized carbons (Fsp3) is 0.237. The Bertz CT molecular complexity index is 1960. The number of thioether (sulfide) groups is 1. The molecule has 0 aliphatic carbocycles. The van der Waals surface area contributed by atoms with E-state index in [0.717, 1.165) is 26.5 Å². The molecule has 0 saturated heterocycles. The minimum Gasteiger partial charge on any atom is -0.462 e. The van der Waals surface area contributed by atoms with Crippen LogP contribution in [0.5, 0.6) is 0 Å². The molecule has 1 aliphatic heterocycles. The lowest BCUT2D eigenvalue weighted by atomic mass is 10.0. The van der Waals surface area contributed by atoms with Crippen LogP contribution in [0.1, 0.15) is 63.1 Å². The summed E-state index contributed by atoms with van der Waals surface area (Å²) in [5.74, 6) is -1.80. The summed E-state index contributed by atoms with van der Waals surface area (Å²) in [6.45, 7) is 7.96. The Balaban J connectivity index is 1.30. The lowest BCUT2D eigenvalue weighted by Gasteiger charge is -2.25. The van der Waals surface area contributed by atoms with Crippen LogP contribution in [-0.2, 0) is 32.1 Å². The molecule has 0 spiro atoms. The van der Waals surface area contributed by atoms with Crippen molar-refractivity contribution in [2.45, 2.75) is 50.8 Å². The van der Waals surface area contributed by atoms with E-state index in [-0.39, 0.29) is 24.1 Å². The third-order valence-corrected chi connectivity index (χ3v) is 10.2. The second-order valence-corrected chi connectivity index (χ2v) is 14.1. The van der Waals surface area contributed by atoms with Crippen molar-refractivity contribution in [2.24, 2.45) is 0 Å². The lowest BCUT2D eigenvalue weighted by Crippen LogP contribution is -2.34. The molecule has 3 aromatic carbocycles. The minimum absolute atomic E-state index is 0.0498. The molecule has 4 amide bonds. The van der Waals surface area contributed by atoms with Crippen LogP contribution >= 0.6 is 23.1 Å². The summed E-state index contributed by atoms with van der Waals surface area (Å²) in [7, 11) is 0. The van der Waals surface area contributed by atoms with Gasteiger partial charge in [0.25, 0.3) is 11.8 Å². The molecule has 12 heteroatoms. The van der Waals surface area contributed by atoms with Gasteiger partial charge in [-0.1, -0.05) is 48.5 Å². The molecule has 50 heavy (non-hydrogen) atoms. The summed E-state index contributed by atoms with van der Waals surface area (Å²) in [5, 5.41) is 8.40. The highest BCUT2D eigenvalue weighted by atomic mass is 32.2. The van der Waals surface area contributed by atoms with Crippen LogP contribution in [0, 0.1) is 6.92 Å². The molecule has 0 saturated carbocycles. The Morgan fingerprint density at radius 1 is 0.980 bits per heavy atom. The predicted octanol–water partition coefficient (Wildman–Crippen LogP) is 6.67. The van der Waals surface area contributed by atoms with Crippen LogP contribution in [-0.4, -0.2) is 52.9 Å². The minimum atomic E-state index is -0.578. The van der Waals surface area contributed by atoms with Gasteiger partial charge in [0.15, 0.2) is 0 Å². The molecule has 5 rings (SSSR count). The Labute approximate surface area is 299 Å². The highest BCUT2D eigenvalue weighted by Gasteiger charge is 2.31. The maximum absolute atomic E-state index is 13.6. The van der Waals surface area contributed by atoms with Gasteiger partial charge in [-0.25, -0.2) is 4.79 Å². The van der Waals surface area contributed by atoms with Crippen molar-refractivity contribution in [3.63, 3.8) is 0 Å². The van der Waals surface area contributed by atoms with Crippen LogP contribution in [0.25, 0.3) is 6.08 Å². The number of aryl methyl sites for hydroxylation is 1. The first-order valence-corrected chi connectivity index (χ1v) is 17.8. The van der Waals surface area contributed by atoms with Gasteiger partial charge >= 0.3 is 5.97 Å². The molecule has 0 bridgehead atoms. The predicted molar refractivity (Wildman–Crippen MR) is 197 cm³/mol. The zero-order chi connectivity index (χ0) is 35.8. The van der Waals surface area contributed by atoms with Gasteiger partial charge in [0.05, 0.1) is 24.0 Å². The quantitative estimate of drug-likeness (QED) is 0.0900. The smallest absolute Gasteiger partial charge is 0.341 e. The number of fused-ring (bicyclic) bond motifs is 1. The van der Waals surface area contributed by atoms with Gasteiger partial charge in [-0.15, -0.1) is 23.1 Å². The van der Waals surface area contributed by atoms with Crippen molar-refractivity contribution in [1.29, 1.82) is 0 Å². The zero-order valence-corrected chi connectivity index (χ0v) is 29.8. The maximum Gasteiger partial charge on any atom is 0.341 e. The number of amides is 4. The molecular formula is C38H38N4O6S2. The van der Waals surface area contributed by atoms with E-state index in [0.29, 0.717) is 41.3 Å². The van der Waals surface area contributed by atoms with Gasteiger partial charge in [0.1, 0.15) is 10.7 Å². The molecule has 10 nitrogen and oxygen atoms in total. The fourth-order valence-electron chi connectivity index (χ4n) is 5.34. The molecule has 258 valence electrons. The Kier molecular flexibility index (Phi) is 11.9. The fourth-order valence-corrected chi connectivity index (χ4v) is 7.52. The van der Waals surface area contributed by atoms with E-state index in [9.17, 15) is 24.0 Å². The number of esters is 1. The van der Waals surface area contributed by atoms with Crippen molar-refractivity contribution in [2.75, 3.05) is 23.8 Å². The van der Waals surface area contributed by atoms with Gasteiger partial charge in [0, 0.05) is 34.5 Å². The van der Waals surface area contributed by atoms with E-state index in [1.54, 1.807) is 67.3 Å². The topological polar surface area (TPSA) is 134 Å². The zero-order valence-electron chi connectivity index (χ0n) is 28.2. The molecule has 2 heterocycles. The molecular weight excluding hydrogens is 673 g/mol. The Morgan fingerprint density at radius 2 is 1.72 bits per heavy atom. The summed E-state index contributed by atoms with van der Waals surface area (Å²) >= 11 is 2.57. The largest absolute Gasteiger partial charge is 0.462 e. The van der Waals surface area contributed by atoms with Crippen LogP contribution in [0.2, 0.25) is 0 Å². The number of thiophene rings is 1. The summed E-state index contributed by atoms with van der Waals surface area (Å²) in [6, 6.07) is 23.3. The highest BCUT2D eigenvalue weighted by Crippen LogP contribution is 2.38. The summed E-state index contributed by atoms with van der Waals surface area (Å²) in [6.07, 6.45) is 2.14. The SMILES string of the molecule is CCOC(=O)c1c(NC(=O)C(C)Sc2cccc(NC(=O)/C(=C/c3ccccc3C)NC(=O)c3ccccc3)c2)sc2c1CCN(C(C)=O)C2. The molecule has 1 aromatic heterocycles. The maximum atomic E-state index is 13.6. The molecule has 4 aromatic rings. The van der Waals surface area contributed by atoms with Crippen LogP contribution in [0.15, 0.2) is 89.5 Å². The highest BCUT2D eigenvalue weighted by molar-refractivity contribution is 8.00. The van der Waals surface area contributed by atoms with Crippen molar-refractivity contribution < 1.29 is 28.7 Å². The standard InChI is InChI=1S/C38H38N4O6S2/c1-5-48-38(47)33-30-18-19-42(25(4)43)22-32(30)50-37(33)41-34(44)24(3)49-29-17-11-16-28(21-29)39-36(46)31(20-27-15-10-9-12-23(27)2)40-35(45)26-13-7-6-8-14-26/h6-17,20-21,24H,5,18-19,22H2,1-4H3,(H,39,46)(H,40,45)(H,41,44)/b31-20-. The monoisotopic (exact) mass is 710 g/mol. The van der Waals surface area contributed by atoms with Crippen LogP contribution in [0.3, 0.4) is 0 Å². The van der Waals surface area contributed by atoms with E-state index >= 15 is 0 Å². The van der Waals surface area contributed by atoms with Crippen molar-refractivity contribution in [3.05, 3.63) is 117 Å². The number of nitrogens with one attached hydrogen (secondary N) is 3. The number of nitrogens with zero attached hydrogens (tertiary/aromatic N) is 1. The number of benzene rings is 3. The second kappa shape index (κ2) is 16.5. The number of carbonyl (C=O) groups excluding carboxylic acids is 5. The second-order valence-electron chi connectivity index (χ2n) is 11.6. The first kappa shape index (κ1) is 36.1. The summed E-state index contributed by atoms with van der Waals surface area (Å²) in [4.78, 5) is 68.3. The normalized spacial score (nSPS) is 13.1. The van der Waals surface area contributed by atoms with Crippen molar-refractivity contribution >= 4 is 69.5 Å². The van der Waals surface area contributed by atoms with E-state index in [1.807, 2.05) is 43.3 Å². The van der Waals surface area contributed by atoms with E-state index in [4.69, 9.17) is 4.74 Å². The van der Waals surface area contributed by atoms with Gasteiger partial charge < -0.3 is 25.6 Å². The Hall–Kier alpha value is -5.20. The van der Waals surface area contributed by atoms with Crippen LogP contribution < -0.4 is 16.0 Å².